The first kappa shape index (κ1) is 12.5. The average Bonchev–Trinajstić information content (AvgIpc) is 2.30. The number of nitriles is 1. The molecule has 0 aliphatic carbocycles. The lowest BCUT2D eigenvalue weighted by atomic mass is 10.1. The van der Waals surface area contributed by atoms with Crippen molar-refractivity contribution in [2.45, 2.75) is 13.3 Å². The Kier molecular flexibility index (Phi) is 4.33. The van der Waals surface area contributed by atoms with E-state index in [1.807, 2.05) is 6.07 Å². The molecule has 0 aromatic heterocycles. The van der Waals surface area contributed by atoms with Crippen LogP contribution in [0.3, 0.4) is 0 Å². The molecule has 0 saturated heterocycles. The third-order valence-corrected chi connectivity index (χ3v) is 2.60. The zero-order chi connectivity index (χ0) is 12.1. The highest BCUT2D eigenvalue weighted by Crippen LogP contribution is 2.28. The number of halogens is 2. The van der Waals surface area contributed by atoms with Crippen LogP contribution in [0.25, 0.3) is 5.03 Å². The number of benzene rings is 1. The van der Waals surface area contributed by atoms with E-state index in [2.05, 4.69) is 0 Å². The molecule has 16 heavy (non-hydrogen) atoms. The Bertz CT molecular complexity index is 463. The second kappa shape index (κ2) is 5.53. The van der Waals surface area contributed by atoms with E-state index in [-0.39, 0.29) is 10.6 Å². The van der Waals surface area contributed by atoms with Crippen molar-refractivity contribution in [1.29, 1.82) is 5.26 Å². The molecule has 2 nitrogen and oxygen atoms in total. The minimum atomic E-state index is -0.495. The maximum Gasteiger partial charge on any atom is 0.135 e. The van der Waals surface area contributed by atoms with Crippen molar-refractivity contribution < 1.29 is 9.13 Å². The van der Waals surface area contributed by atoms with Gasteiger partial charge in [-0.25, -0.2) is 4.39 Å². The van der Waals surface area contributed by atoms with Crippen LogP contribution in [0.5, 0.6) is 5.75 Å². The lowest BCUT2D eigenvalue weighted by Gasteiger charge is -2.06. The summed E-state index contributed by atoms with van der Waals surface area (Å²) in [6, 6.07) is 6.30. The van der Waals surface area contributed by atoms with Crippen LogP contribution >= 0.6 is 11.6 Å². The number of nitrogens with zero attached hydrogens (tertiary/aromatic N) is 1. The molecular formula is C12H11ClFNO. The van der Waals surface area contributed by atoms with Gasteiger partial charge in [0.15, 0.2) is 0 Å². The summed E-state index contributed by atoms with van der Waals surface area (Å²) in [5.74, 6) is -0.0775. The summed E-state index contributed by atoms with van der Waals surface area (Å²) in [6.45, 7) is 1.79. The van der Waals surface area contributed by atoms with E-state index in [1.165, 1.54) is 19.2 Å². The van der Waals surface area contributed by atoms with E-state index < -0.39 is 5.82 Å². The summed E-state index contributed by atoms with van der Waals surface area (Å²) in [4.78, 5) is 0. The van der Waals surface area contributed by atoms with E-state index >= 15 is 0 Å². The Morgan fingerprint density at radius 1 is 1.56 bits per heavy atom. The van der Waals surface area contributed by atoms with Gasteiger partial charge in [0.25, 0.3) is 0 Å². The molecule has 0 heterocycles. The fraction of sp³-hybridized carbons (Fsp3) is 0.250. The molecule has 0 N–H and O–H groups in total. The lowest BCUT2D eigenvalue weighted by Crippen LogP contribution is -1.91. The van der Waals surface area contributed by atoms with Gasteiger partial charge in [-0.15, -0.1) is 0 Å². The highest BCUT2D eigenvalue weighted by atomic mass is 35.5. The monoisotopic (exact) mass is 239 g/mol. The Morgan fingerprint density at radius 2 is 2.25 bits per heavy atom. The molecule has 1 aromatic carbocycles. The first-order valence-electron chi connectivity index (χ1n) is 4.76. The van der Waals surface area contributed by atoms with Crippen LogP contribution in [0.4, 0.5) is 4.39 Å². The quantitative estimate of drug-likeness (QED) is 0.754. The largest absolute Gasteiger partial charge is 0.497 e. The van der Waals surface area contributed by atoms with Gasteiger partial charge in [-0.2, -0.15) is 5.26 Å². The van der Waals surface area contributed by atoms with Crippen LogP contribution in [0.15, 0.2) is 23.8 Å². The van der Waals surface area contributed by atoms with Gasteiger partial charge < -0.3 is 4.74 Å². The zero-order valence-electron chi connectivity index (χ0n) is 9.05. The molecule has 0 atom stereocenters. The predicted octanol–water partition coefficient (Wildman–Crippen LogP) is 3.72. The third kappa shape index (κ3) is 2.53. The molecule has 0 amide bonds. The number of hydrogen-bond acceptors (Lipinski definition) is 2. The molecule has 0 saturated carbocycles. The van der Waals surface area contributed by atoms with Gasteiger partial charge in [-0.05, 0) is 18.6 Å². The van der Waals surface area contributed by atoms with Crippen LogP contribution in [0.1, 0.15) is 18.9 Å². The topological polar surface area (TPSA) is 33.0 Å². The summed E-state index contributed by atoms with van der Waals surface area (Å²) in [6.07, 6.45) is 0.473. The Hall–Kier alpha value is -1.53. The zero-order valence-corrected chi connectivity index (χ0v) is 9.81. The van der Waals surface area contributed by atoms with E-state index in [0.29, 0.717) is 17.7 Å². The van der Waals surface area contributed by atoms with Crippen molar-refractivity contribution >= 4 is 16.6 Å². The molecule has 84 valence electrons. The van der Waals surface area contributed by atoms with Crippen LogP contribution in [0.2, 0.25) is 0 Å². The van der Waals surface area contributed by atoms with E-state index in [9.17, 15) is 4.39 Å². The second-order valence-corrected chi connectivity index (χ2v) is 3.48. The van der Waals surface area contributed by atoms with Crippen molar-refractivity contribution in [3.8, 4) is 11.8 Å². The molecule has 4 heteroatoms. The van der Waals surface area contributed by atoms with Gasteiger partial charge in [0.2, 0.25) is 0 Å². The fourth-order valence-corrected chi connectivity index (χ4v) is 1.58. The molecule has 1 rings (SSSR count). The van der Waals surface area contributed by atoms with Crippen molar-refractivity contribution in [1.82, 2.24) is 0 Å². The minimum Gasteiger partial charge on any atom is -0.497 e. The summed E-state index contributed by atoms with van der Waals surface area (Å²) >= 11 is 5.95. The van der Waals surface area contributed by atoms with Crippen LogP contribution in [0, 0.1) is 17.1 Å². The average molecular weight is 240 g/mol. The van der Waals surface area contributed by atoms with E-state index in [0.717, 1.165) is 0 Å². The smallest absolute Gasteiger partial charge is 0.135 e. The molecule has 0 unspecified atom stereocenters. The molecule has 1 aromatic rings. The summed E-state index contributed by atoms with van der Waals surface area (Å²) < 4.78 is 18.5. The maximum absolute atomic E-state index is 13.6. The fourth-order valence-electron chi connectivity index (χ4n) is 1.25. The Balaban J connectivity index is 3.25. The SMILES string of the molecule is CC/C(C#N)=C(/Cl)c1ccc(OC)cc1F. The summed E-state index contributed by atoms with van der Waals surface area (Å²) in [5, 5.41) is 8.97. The van der Waals surface area contributed by atoms with Crippen molar-refractivity contribution in [3.63, 3.8) is 0 Å². The molecule has 0 radical (unpaired) electrons. The number of hydrogen-bond donors (Lipinski definition) is 0. The van der Waals surface area contributed by atoms with E-state index in [4.69, 9.17) is 21.6 Å². The van der Waals surface area contributed by atoms with E-state index in [1.54, 1.807) is 13.0 Å². The minimum absolute atomic E-state index is 0.158. The van der Waals surface area contributed by atoms with Crippen molar-refractivity contribution in [3.05, 3.63) is 35.2 Å². The second-order valence-electron chi connectivity index (χ2n) is 3.10. The predicted molar refractivity (Wildman–Crippen MR) is 61.6 cm³/mol. The number of rotatable bonds is 3. The molecule has 0 bridgehead atoms. The number of methoxy groups -OCH3 is 1. The first-order chi connectivity index (χ1) is 7.63. The molecule has 0 aliphatic heterocycles. The first-order valence-corrected chi connectivity index (χ1v) is 5.14. The molecule has 0 aliphatic rings. The normalized spacial score (nSPS) is 11.7. The van der Waals surface area contributed by atoms with Crippen molar-refractivity contribution in [2.75, 3.05) is 7.11 Å². The van der Waals surface area contributed by atoms with Gasteiger partial charge in [-0.1, -0.05) is 18.5 Å². The summed E-state index contributed by atoms with van der Waals surface area (Å²) in [7, 11) is 1.46. The van der Waals surface area contributed by atoms with Gasteiger partial charge >= 0.3 is 0 Å². The Labute approximate surface area is 98.9 Å². The third-order valence-electron chi connectivity index (χ3n) is 2.17. The van der Waals surface area contributed by atoms with Crippen LogP contribution < -0.4 is 4.74 Å². The standard InChI is InChI=1S/C12H11ClFNO/c1-3-8(7-15)12(13)10-5-4-9(16-2)6-11(10)14/h4-6H,3H2,1-2H3/b12-8-. The highest BCUT2D eigenvalue weighted by Gasteiger charge is 2.11. The van der Waals surface area contributed by atoms with Gasteiger partial charge in [0, 0.05) is 17.2 Å². The van der Waals surface area contributed by atoms with Crippen LogP contribution in [-0.4, -0.2) is 7.11 Å². The van der Waals surface area contributed by atoms with Gasteiger partial charge in [-0.3, -0.25) is 0 Å². The van der Waals surface area contributed by atoms with Gasteiger partial charge in [0.1, 0.15) is 11.6 Å². The summed E-state index contributed by atoms with van der Waals surface area (Å²) in [5.41, 5.74) is 0.589. The number of ether oxygens (including phenoxy) is 1. The molecule has 0 fully saturated rings. The lowest BCUT2D eigenvalue weighted by molar-refractivity contribution is 0.411. The van der Waals surface area contributed by atoms with Gasteiger partial charge in [0.05, 0.1) is 18.2 Å². The highest BCUT2D eigenvalue weighted by molar-refractivity contribution is 6.49. The molecule has 0 spiro atoms. The van der Waals surface area contributed by atoms with Crippen molar-refractivity contribution in [2.24, 2.45) is 0 Å². The maximum atomic E-state index is 13.6. The molecular weight excluding hydrogens is 229 g/mol. The Morgan fingerprint density at radius 3 is 2.69 bits per heavy atom. The van der Waals surface area contributed by atoms with Crippen LogP contribution in [-0.2, 0) is 0 Å². The number of allylic oxidation sites excluding steroid dienone is 1.